The summed E-state index contributed by atoms with van der Waals surface area (Å²) in [5.41, 5.74) is 0.894. The molecule has 1 rings (SSSR count). The smallest absolute Gasteiger partial charge is 0.307 e. The molecular weight excluding hydrogens is 438 g/mol. The highest BCUT2D eigenvalue weighted by molar-refractivity contribution is 7.86. The Kier molecular flexibility index (Phi) is 10.9. The quantitative estimate of drug-likeness (QED) is 0.280. The molecule has 0 radical (unpaired) electrons. The zero-order valence-electron chi connectivity index (χ0n) is 17.5. The summed E-state index contributed by atoms with van der Waals surface area (Å²) in [5, 5.41) is 0. The van der Waals surface area contributed by atoms with E-state index >= 15 is 0 Å². The van der Waals surface area contributed by atoms with E-state index in [1.165, 1.54) is 14.2 Å². The molecule has 0 aliphatic heterocycles. The lowest BCUT2D eigenvalue weighted by Gasteiger charge is -2.33. The van der Waals surface area contributed by atoms with Crippen LogP contribution in [0.15, 0.2) is 30.3 Å². The summed E-state index contributed by atoms with van der Waals surface area (Å²) in [6.45, 7) is -0.0631. The molecular formula is C18H29NO9S2. The van der Waals surface area contributed by atoms with E-state index in [0.29, 0.717) is 6.54 Å². The summed E-state index contributed by atoms with van der Waals surface area (Å²) in [4.78, 5) is 13.7. The van der Waals surface area contributed by atoms with Crippen LogP contribution < -0.4 is 0 Å². The van der Waals surface area contributed by atoms with Crippen LogP contribution in [0.1, 0.15) is 12.0 Å². The highest BCUT2D eigenvalue weighted by Crippen LogP contribution is 2.15. The first-order chi connectivity index (χ1) is 13.9. The van der Waals surface area contributed by atoms with E-state index in [4.69, 9.17) is 17.8 Å². The van der Waals surface area contributed by atoms with Crippen molar-refractivity contribution in [2.75, 3.05) is 46.5 Å². The van der Waals surface area contributed by atoms with Crippen molar-refractivity contribution >= 4 is 26.2 Å². The number of ether oxygens (including phenoxy) is 2. The van der Waals surface area contributed by atoms with E-state index in [2.05, 4.69) is 0 Å². The van der Waals surface area contributed by atoms with Crippen molar-refractivity contribution in [2.24, 2.45) is 0 Å². The van der Waals surface area contributed by atoms with Gasteiger partial charge in [-0.05, 0) is 5.56 Å². The summed E-state index contributed by atoms with van der Waals surface area (Å²) in [6.07, 6.45) is 0.575. The van der Waals surface area contributed by atoms with E-state index in [1.54, 1.807) is 4.90 Å². The molecule has 172 valence electrons. The molecule has 0 amide bonds. The van der Waals surface area contributed by atoms with Gasteiger partial charge in [0.2, 0.25) is 0 Å². The van der Waals surface area contributed by atoms with Crippen LogP contribution in [0.2, 0.25) is 0 Å². The van der Waals surface area contributed by atoms with Crippen molar-refractivity contribution in [3.8, 4) is 0 Å². The third kappa shape index (κ3) is 11.6. The first-order valence-electron chi connectivity index (χ1n) is 9.00. The molecule has 0 bridgehead atoms. The average molecular weight is 468 g/mol. The summed E-state index contributed by atoms with van der Waals surface area (Å²) < 4.78 is 65.9. The molecule has 0 aliphatic carbocycles. The van der Waals surface area contributed by atoms with E-state index in [-0.39, 0.29) is 19.6 Å². The van der Waals surface area contributed by atoms with E-state index in [1.807, 2.05) is 30.3 Å². The number of hydrogen-bond donors (Lipinski definition) is 0. The second-order valence-corrected chi connectivity index (χ2v) is 9.96. The monoisotopic (exact) mass is 467 g/mol. The molecule has 2 atom stereocenters. The Morgan fingerprint density at radius 2 is 1.63 bits per heavy atom. The number of benzene rings is 1. The fraction of sp³-hybridized carbons (Fsp3) is 0.611. The maximum Gasteiger partial charge on any atom is 0.307 e. The largest absolute Gasteiger partial charge is 0.469 e. The van der Waals surface area contributed by atoms with Gasteiger partial charge in [0.1, 0.15) is 6.10 Å². The number of carbonyl (C=O) groups excluding carboxylic acids is 1. The fourth-order valence-electron chi connectivity index (χ4n) is 2.74. The Morgan fingerprint density at radius 1 is 1.00 bits per heavy atom. The van der Waals surface area contributed by atoms with Crippen molar-refractivity contribution in [1.82, 2.24) is 4.90 Å². The van der Waals surface area contributed by atoms with Crippen molar-refractivity contribution < 1.29 is 39.5 Å². The van der Waals surface area contributed by atoms with Gasteiger partial charge in [0.05, 0.1) is 39.3 Å². The predicted molar refractivity (Wildman–Crippen MR) is 110 cm³/mol. The van der Waals surface area contributed by atoms with Gasteiger partial charge in [0.25, 0.3) is 20.2 Å². The van der Waals surface area contributed by atoms with Crippen LogP contribution in [0.5, 0.6) is 0 Å². The molecule has 0 aliphatic rings. The van der Waals surface area contributed by atoms with Crippen LogP contribution in [0.4, 0.5) is 0 Å². The van der Waals surface area contributed by atoms with E-state index in [9.17, 15) is 21.6 Å². The normalized spacial score (nSPS) is 14.4. The molecule has 0 spiro atoms. The molecule has 0 fully saturated rings. The number of nitrogens with zero attached hydrogens (tertiary/aromatic N) is 1. The molecule has 0 N–H and O–H groups in total. The topological polar surface area (TPSA) is 126 Å². The molecule has 12 heteroatoms. The molecule has 1 aromatic carbocycles. The predicted octanol–water partition coefficient (Wildman–Crippen LogP) is 0.388. The zero-order chi connectivity index (χ0) is 22.8. The molecule has 0 aromatic heterocycles. The minimum absolute atomic E-state index is 0.0182. The Hall–Kier alpha value is -1.57. The van der Waals surface area contributed by atoms with Gasteiger partial charge in [-0.15, -0.1) is 0 Å². The van der Waals surface area contributed by atoms with Crippen molar-refractivity contribution in [1.29, 1.82) is 0 Å². The minimum atomic E-state index is -3.90. The first-order valence-corrected chi connectivity index (χ1v) is 12.6. The van der Waals surface area contributed by atoms with Gasteiger partial charge >= 0.3 is 5.97 Å². The maximum absolute atomic E-state index is 11.9. The van der Waals surface area contributed by atoms with Crippen molar-refractivity contribution in [3.05, 3.63) is 35.9 Å². The highest BCUT2D eigenvalue weighted by atomic mass is 32.2. The zero-order valence-corrected chi connectivity index (χ0v) is 19.1. The number of rotatable bonds is 14. The second-order valence-electron chi connectivity index (χ2n) is 6.72. The highest BCUT2D eigenvalue weighted by Gasteiger charge is 2.28. The Labute approximate surface area is 178 Å². The summed E-state index contributed by atoms with van der Waals surface area (Å²) in [6, 6.07) is 8.80. The number of methoxy groups -OCH3 is 2. The fourth-order valence-corrected chi connectivity index (χ4v) is 3.75. The van der Waals surface area contributed by atoms with Gasteiger partial charge < -0.3 is 9.47 Å². The van der Waals surface area contributed by atoms with Gasteiger partial charge in [0, 0.05) is 26.2 Å². The maximum atomic E-state index is 11.9. The van der Waals surface area contributed by atoms with E-state index in [0.717, 1.165) is 18.1 Å². The Morgan fingerprint density at radius 3 is 2.13 bits per heavy atom. The van der Waals surface area contributed by atoms with Crippen LogP contribution >= 0.6 is 0 Å². The van der Waals surface area contributed by atoms with Crippen LogP contribution in [-0.4, -0.2) is 86.3 Å². The molecule has 30 heavy (non-hydrogen) atoms. The summed E-state index contributed by atoms with van der Waals surface area (Å²) >= 11 is 0. The lowest BCUT2D eigenvalue weighted by atomic mass is 10.1. The minimum Gasteiger partial charge on any atom is -0.469 e. The standard InChI is InChI=1S/C18H29NO9S2/c1-25-13-16(10-18(20)26-2)19(11-15-8-6-5-7-9-15)12-17(28-30(4,23)24)14-27-29(3,21)22/h5-9,16-17H,10-14H2,1-4H3/t16?,17-/m0/s1. The van der Waals surface area contributed by atoms with Crippen LogP contribution in [0.25, 0.3) is 0 Å². The summed E-state index contributed by atoms with van der Waals surface area (Å²) in [5.74, 6) is -0.469. The van der Waals surface area contributed by atoms with Gasteiger partial charge in [0.15, 0.2) is 0 Å². The molecule has 0 saturated heterocycles. The third-order valence-corrected chi connectivity index (χ3v) is 5.14. The molecule has 1 aromatic rings. The Balaban J connectivity index is 3.17. The van der Waals surface area contributed by atoms with Crippen LogP contribution in [0.3, 0.4) is 0 Å². The first kappa shape index (κ1) is 26.5. The third-order valence-electron chi connectivity index (χ3n) is 3.95. The number of esters is 1. The molecule has 0 heterocycles. The average Bonchev–Trinajstić information content (AvgIpc) is 2.64. The lowest BCUT2D eigenvalue weighted by Crippen LogP contribution is -2.46. The van der Waals surface area contributed by atoms with Crippen molar-refractivity contribution in [2.45, 2.75) is 25.1 Å². The number of hydrogen-bond acceptors (Lipinski definition) is 10. The van der Waals surface area contributed by atoms with Gasteiger partial charge in [-0.3, -0.25) is 18.1 Å². The van der Waals surface area contributed by atoms with Crippen LogP contribution in [0, 0.1) is 0 Å². The van der Waals surface area contributed by atoms with Gasteiger partial charge in [-0.2, -0.15) is 16.8 Å². The molecule has 0 saturated carbocycles. The van der Waals surface area contributed by atoms with Gasteiger partial charge in [-0.25, -0.2) is 0 Å². The molecule has 10 nitrogen and oxygen atoms in total. The van der Waals surface area contributed by atoms with Crippen molar-refractivity contribution in [3.63, 3.8) is 0 Å². The van der Waals surface area contributed by atoms with E-state index < -0.39 is 45.0 Å². The van der Waals surface area contributed by atoms with Crippen LogP contribution in [-0.2, 0) is 49.4 Å². The SMILES string of the molecule is COCC(CC(=O)OC)N(Cc1ccccc1)C[C@@H](COS(C)(=O)=O)OS(C)(=O)=O. The van der Waals surface area contributed by atoms with Gasteiger partial charge in [-0.1, -0.05) is 30.3 Å². The second kappa shape index (κ2) is 12.3. The molecule has 1 unspecified atom stereocenters. The lowest BCUT2D eigenvalue weighted by molar-refractivity contribution is -0.142. The Bertz CT molecular complexity index is 857. The summed E-state index contributed by atoms with van der Waals surface area (Å²) in [7, 11) is -4.97. The number of carbonyl (C=O) groups is 1.